The number of nitrogens with zero attached hydrogens (tertiary/aromatic N) is 2. The van der Waals surface area contributed by atoms with Crippen LogP contribution in [0.25, 0.3) is 0 Å². The van der Waals surface area contributed by atoms with Gasteiger partial charge < -0.3 is 19.9 Å². The highest BCUT2D eigenvalue weighted by Crippen LogP contribution is 2.21. The lowest BCUT2D eigenvalue weighted by atomic mass is 10.1. The Hall–Kier alpha value is -2.86. The molecular weight excluding hydrogens is 366 g/mol. The Morgan fingerprint density at radius 3 is 2.48 bits per heavy atom. The number of benzene rings is 2. The molecule has 3 rings (SSSR count). The molecule has 6 heteroatoms. The van der Waals surface area contributed by atoms with E-state index >= 15 is 0 Å². The molecule has 0 radical (unpaired) electrons. The minimum atomic E-state index is -0.140. The number of rotatable bonds is 6. The molecule has 0 atom stereocenters. The van der Waals surface area contributed by atoms with Gasteiger partial charge in [-0.3, -0.25) is 9.59 Å². The van der Waals surface area contributed by atoms with Crippen molar-refractivity contribution in [3.05, 3.63) is 59.2 Å². The Morgan fingerprint density at radius 1 is 1.07 bits per heavy atom. The summed E-state index contributed by atoms with van der Waals surface area (Å²) in [4.78, 5) is 29.7. The Balaban J connectivity index is 1.69. The standard InChI is InChI=1S/C23H29N3O3/c1-4-25-11-13-26(14-12-25)23(28)19-10-9-17(2)20(15-19)24-22(27)16-18-7-5-6-8-21(18)29-3/h5-10,15H,4,11-14,16H2,1-3H3,(H,24,27). The van der Waals surface area contributed by atoms with Crippen molar-refractivity contribution >= 4 is 17.5 Å². The predicted octanol–water partition coefficient (Wildman–Crippen LogP) is 2.96. The van der Waals surface area contributed by atoms with Crippen LogP contribution in [0, 0.1) is 6.92 Å². The van der Waals surface area contributed by atoms with Gasteiger partial charge in [-0.15, -0.1) is 0 Å². The highest BCUT2D eigenvalue weighted by molar-refractivity contribution is 5.98. The summed E-state index contributed by atoms with van der Waals surface area (Å²) in [5.41, 5.74) is 3.02. The number of piperazine rings is 1. The first-order valence-electron chi connectivity index (χ1n) is 10.1. The van der Waals surface area contributed by atoms with Gasteiger partial charge in [0.25, 0.3) is 5.91 Å². The molecule has 1 aliphatic heterocycles. The Bertz CT molecular complexity index is 873. The molecule has 1 saturated heterocycles. The van der Waals surface area contributed by atoms with E-state index in [9.17, 15) is 9.59 Å². The number of amides is 2. The zero-order chi connectivity index (χ0) is 20.8. The van der Waals surface area contributed by atoms with Crippen molar-refractivity contribution in [1.82, 2.24) is 9.80 Å². The van der Waals surface area contributed by atoms with Crippen molar-refractivity contribution in [3.63, 3.8) is 0 Å². The SMILES string of the molecule is CCN1CCN(C(=O)c2ccc(C)c(NC(=O)Cc3ccccc3OC)c2)CC1. The van der Waals surface area contributed by atoms with E-state index in [2.05, 4.69) is 17.1 Å². The quantitative estimate of drug-likeness (QED) is 0.817. The van der Waals surface area contributed by atoms with Crippen LogP contribution in [0.3, 0.4) is 0 Å². The van der Waals surface area contributed by atoms with E-state index in [1.54, 1.807) is 13.2 Å². The molecule has 1 heterocycles. The Kier molecular flexibility index (Phi) is 6.88. The molecule has 0 saturated carbocycles. The van der Waals surface area contributed by atoms with Gasteiger partial charge in [-0.2, -0.15) is 0 Å². The molecule has 1 fully saturated rings. The maximum Gasteiger partial charge on any atom is 0.254 e. The van der Waals surface area contributed by atoms with E-state index in [-0.39, 0.29) is 18.2 Å². The molecule has 6 nitrogen and oxygen atoms in total. The number of likely N-dealkylation sites (N-methyl/N-ethyl adjacent to an activating group) is 1. The van der Waals surface area contributed by atoms with Crippen LogP contribution < -0.4 is 10.1 Å². The van der Waals surface area contributed by atoms with Crippen molar-refractivity contribution in [1.29, 1.82) is 0 Å². The monoisotopic (exact) mass is 395 g/mol. The van der Waals surface area contributed by atoms with Crippen LogP contribution in [-0.4, -0.2) is 61.4 Å². The van der Waals surface area contributed by atoms with Crippen molar-refractivity contribution < 1.29 is 14.3 Å². The van der Waals surface area contributed by atoms with Crippen LogP contribution in [-0.2, 0) is 11.2 Å². The highest BCUT2D eigenvalue weighted by atomic mass is 16.5. The summed E-state index contributed by atoms with van der Waals surface area (Å²) in [6, 6.07) is 13.0. The van der Waals surface area contributed by atoms with E-state index in [0.29, 0.717) is 17.0 Å². The minimum absolute atomic E-state index is 0.0148. The average Bonchev–Trinajstić information content (AvgIpc) is 2.75. The third-order valence-electron chi connectivity index (χ3n) is 5.41. The molecule has 2 amide bonds. The number of ether oxygens (including phenoxy) is 1. The van der Waals surface area contributed by atoms with Crippen LogP contribution in [0.15, 0.2) is 42.5 Å². The summed E-state index contributed by atoms with van der Waals surface area (Å²) in [5.74, 6) is 0.564. The first-order chi connectivity index (χ1) is 14.0. The second-order valence-corrected chi connectivity index (χ2v) is 7.29. The average molecular weight is 396 g/mol. The molecule has 0 aliphatic carbocycles. The minimum Gasteiger partial charge on any atom is -0.496 e. The van der Waals surface area contributed by atoms with Crippen LogP contribution in [0.2, 0.25) is 0 Å². The summed E-state index contributed by atoms with van der Waals surface area (Å²) in [6.07, 6.45) is 0.209. The van der Waals surface area contributed by atoms with Gasteiger partial charge in [-0.1, -0.05) is 31.2 Å². The molecule has 29 heavy (non-hydrogen) atoms. The smallest absolute Gasteiger partial charge is 0.254 e. The summed E-state index contributed by atoms with van der Waals surface area (Å²) in [6.45, 7) is 8.33. The van der Waals surface area contributed by atoms with Crippen molar-refractivity contribution in [2.75, 3.05) is 45.2 Å². The number of carbonyl (C=O) groups is 2. The first kappa shape index (κ1) is 20.9. The van der Waals surface area contributed by atoms with Gasteiger partial charge in [0.2, 0.25) is 5.91 Å². The topological polar surface area (TPSA) is 61.9 Å². The predicted molar refractivity (Wildman–Crippen MR) is 115 cm³/mol. The van der Waals surface area contributed by atoms with E-state index in [1.165, 1.54) is 0 Å². The van der Waals surface area contributed by atoms with Gasteiger partial charge in [0.1, 0.15) is 5.75 Å². The molecule has 154 valence electrons. The Morgan fingerprint density at radius 2 is 1.79 bits per heavy atom. The number of anilines is 1. The van der Waals surface area contributed by atoms with Crippen LogP contribution >= 0.6 is 0 Å². The number of hydrogen-bond acceptors (Lipinski definition) is 4. The fourth-order valence-corrected chi connectivity index (χ4v) is 3.56. The van der Waals surface area contributed by atoms with Crippen LogP contribution in [0.5, 0.6) is 5.75 Å². The number of aryl methyl sites for hydroxylation is 1. The molecule has 0 unspecified atom stereocenters. The second-order valence-electron chi connectivity index (χ2n) is 7.29. The molecule has 0 bridgehead atoms. The van der Waals surface area contributed by atoms with Gasteiger partial charge in [0.05, 0.1) is 13.5 Å². The number of carbonyl (C=O) groups excluding carboxylic acids is 2. The van der Waals surface area contributed by atoms with E-state index in [4.69, 9.17) is 4.74 Å². The molecule has 1 N–H and O–H groups in total. The molecule has 0 aromatic heterocycles. The van der Waals surface area contributed by atoms with Crippen molar-refractivity contribution in [3.8, 4) is 5.75 Å². The second kappa shape index (κ2) is 9.56. The van der Waals surface area contributed by atoms with Crippen LogP contribution in [0.1, 0.15) is 28.4 Å². The molecule has 2 aromatic carbocycles. The zero-order valence-electron chi connectivity index (χ0n) is 17.4. The van der Waals surface area contributed by atoms with E-state index in [1.807, 2.05) is 48.2 Å². The van der Waals surface area contributed by atoms with Crippen molar-refractivity contribution in [2.45, 2.75) is 20.3 Å². The largest absolute Gasteiger partial charge is 0.496 e. The van der Waals surface area contributed by atoms with Gasteiger partial charge in [0, 0.05) is 43.0 Å². The maximum atomic E-state index is 12.9. The zero-order valence-corrected chi connectivity index (χ0v) is 17.4. The lowest BCUT2D eigenvalue weighted by Crippen LogP contribution is -2.48. The van der Waals surface area contributed by atoms with E-state index < -0.39 is 0 Å². The molecule has 2 aromatic rings. The third-order valence-corrected chi connectivity index (χ3v) is 5.41. The summed E-state index contributed by atoms with van der Waals surface area (Å²) in [7, 11) is 1.59. The maximum absolute atomic E-state index is 12.9. The third kappa shape index (κ3) is 5.15. The number of nitrogens with one attached hydrogen (secondary N) is 1. The number of para-hydroxylation sites is 1. The van der Waals surface area contributed by atoms with Crippen LogP contribution in [0.4, 0.5) is 5.69 Å². The molecule has 1 aliphatic rings. The fraction of sp³-hybridized carbons (Fsp3) is 0.391. The summed E-state index contributed by atoms with van der Waals surface area (Å²) >= 11 is 0. The van der Waals surface area contributed by atoms with Crippen molar-refractivity contribution in [2.24, 2.45) is 0 Å². The molecular formula is C23H29N3O3. The number of hydrogen-bond donors (Lipinski definition) is 1. The first-order valence-corrected chi connectivity index (χ1v) is 10.1. The normalized spacial score (nSPS) is 14.5. The Labute approximate surface area is 172 Å². The molecule has 0 spiro atoms. The number of methoxy groups -OCH3 is 1. The fourth-order valence-electron chi connectivity index (χ4n) is 3.56. The van der Waals surface area contributed by atoms with E-state index in [0.717, 1.165) is 43.9 Å². The summed E-state index contributed by atoms with van der Waals surface area (Å²) in [5, 5.41) is 2.95. The van der Waals surface area contributed by atoms with Gasteiger partial charge in [-0.05, 0) is 37.2 Å². The lowest BCUT2D eigenvalue weighted by Gasteiger charge is -2.34. The van der Waals surface area contributed by atoms with Gasteiger partial charge in [-0.25, -0.2) is 0 Å². The summed E-state index contributed by atoms with van der Waals surface area (Å²) < 4.78 is 5.32. The van der Waals surface area contributed by atoms with Gasteiger partial charge >= 0.3 is 0 Å². The highest BCUT2D eigenvalue weighted by Gasteiger charge is 2.22. The lowest BCUT2D eigenvalue weighted by molar-refractivity contribution is -0.115. The van der Waals surface area contributed by atoms with Gasteiger partial charge in [0.15, 0.2) is 0 Å².